The number of nitrogens with zero attached hydrogens (tertiary/aromatic N) is 3. The van der Waals surface area contributed by atoms with E-state index in [0.29, 0.717) is 13.2 Å². The van der Waals surface area contributed by atoms with Crippen molar-refractivity contribution in [2.75, 3.05) is 6.61 Å². The number of carbonyl (C=O) groups is 1. The van der Waals surface area contributed by atoms with Crippen LogP contribution in [-0.2, 0) is 41.8 Å². The molecule has 124 valence electrons. The fourth-order valence-corrected chi connectivity index (χ4v) is 3.12. The van der Waals surface area contributed by atoms with Crippen molar-refractivity contribution in [2.24, 2.45) is 0 Å². The molecule has 0 fully saturated rings. The van der Waals surface area contributed by atoms with Gasteiger partial charge in [0.25, 0.3) is 0 Å². The summed E-state index contributed by atoms with van der Waals surface area (Å²) in [5.74, 6) is -0.425. The molecule has 0 radical (unpaired) electrons. The third-order valence-electron chi connectivity index (χ3n) is 3.21. The Morgan fingerprint density at radius 1 is 1.48 bits per heavy atom. The lowest BCUT2D eigenvalue weighted by atomic mass is 10.2. The topological polar surface area (TPSA) is 69.0 Å². The van der Waals surface area contributed by atoms with Crippen LogP contribution in [0.5, 0.6) is 0 Å². The minimum Gasteiger partial charge on any atom is -0.375 e. The number of ether oxygens (including phenoxy) is 1. The molecular weight excluding hydrogens is 333 g/mol. The molecule has 0 unspecified atom stereocenters. The van der Waals surface area contributed by atoms with Crippen LogP contribution < -0.4 is 5.32 Å². The van der Waals surface area contributed by atoms with Gasteiger partial charge in [-0.15, -0.1) is 11.3 Å². The molecule has 0 saturated carbocycles. The number of amides is 1. The second-order valence-electron chi connectivity index (χ2n) is 4.95. The summed E-state index contributed by atoms with van der Waals surface area (Å²) in [5, 5.41) is 6.72. The van der Waals surface area contributed by atoms with Gasteiger partial charge in [-0.1, -0.05) is 0 Å². The van der Waals surface area contributed by atoms with E-state index in [4.69, 9.17) is 4.74 Å². The van der Waals surface area contributed by atoms with Gasteiger partial charge in [-0.3, -0.25) is 9.48 Å². The van der Waals surface area contributed by atoms with Crippen molar-refractivity contribution in [1.29, 1.82) is 0 Å². The molecule has 10 heteroatoms. The van der Waals surface area contributed by atoms with Crippen molar-refractivity contribution in [1.82, 2.24) is 20.1 Å². The quantitative estimate of drug-likeness (QED) is 0.916. The predicted molar refractivity (Wildman–Crippen MR) is 74.5 cm³/mol. The van der Waals surface area contributed by atoms with Gasteiger partial charge in [-0.25, -0.2) is 4.98 Å². The molecule has 1 amide bonds. The van der Waals surface area contributed by atoms with Crippen LogP contribution in [0.25, 0.3) is 0 Å². The van der Waals surface area contributed by atoms with Gasteiger partial charge < -0.3 is 10.1 Å². The number of halogens is 3. The molecule has 0 bridgehead atoms. The van der Waals surface area contributed by atoms with Gasteiger partial charge in [0.1, 0.15) is 11.6 Å². The Bertz CT molecular complexity index is 687. The van der Waals surface area contributed by atoms with Crippen molar-refractivity contribution < 1.29 is 22.7 Å². The van der Waals surface area contributed by atoms with Crippen LogP contribution in [0.15, 0.2) is 12.3 Å². The zero-order valence-corrected chi connectivity index (χ0v) is 12.7. The summed E-state index contributed by atoms with van der Waals surface area (Å²) in [7, 11) is 0. The number of hydrogen-bond acceptors (Lipinski definition) is 5. The smallest absolute Gasteiger partial charge is 0.375 e. The Morgan fingerprint density at radius 3 is 3.00 bits per heavy atom. The predicted octanol–water partition coefficient (Wildman–Crippen LogP) is 1.75. The summed E-state index contributed by atoms with van der Waals surface area (Å²) in [5.41, 5.74) is -0.0229. The molecule has 0 saturated heterocycles. The molecule has 3 rings (SSSR count). The minimum absolute atomic E-state index is 0.240. The average Bonchev–Trinajstić information content (AvgIpc) is 3.10. The van der Waals surface area contributed by atoms with Crippen molar-refractivity contribution in [3.8, 4) is 0 Å². The SMILES string of the molecule is O=C(Cn1ccc(C(F)(F)F)n1)NCc1nc2c(s1)COCC2. The number of hydrogen-bond donors (Lipinski definition) is 1. The van der Waals surface area contributed by atoms with Crippen molar-refractivity contribution >= 4 is 17.2 Å². The second kappa shape index (κ2) is 6.28. The van der Waals surface area contributed by atoms with E-state index in [2.05, 4.69) is 15.4 Å². The summed E-state index contributed by atoms with van der Waals surface area (Å²) >= 11 is 1.47. The van der Waals surface area contributed by atoms with Gasteiger partial charge >= 0.3 is 6.18 Å². The third-order valence-corrected chi connectivity index (χ3v) is 4.28. The van der Waals surface area contributed by atoms with E-state index in [1.165, 1.54) is 11.3 Å². The van der Waals surface area contributed by atoms with E-state index >= 15 is 0 Å². The molecule has 1 aliphatic rings. The molecule has 2 aromatic heterocycles. The maximum Gasteiger partial charge on any atom is 0.435 e. The summed E-state index contributed by atoms with van der Waals surface area (Å²) in [6.45, 7) is 1.14. The first-order chi connectivity index (χ1) is 10.9. The molecule has 0 aliphatic carbocycles. The van der Waals surface area contributed by atoms with Crippen LogP contribution in [0.3, 0.4) is 0 Å². The number of fused-ring (bicyclic) bond motifs is 1. The highest BCUT2D eigenvalue weighted by Gasteiger charge is 2.33. The summed E-state index contributed by atoms with van der Waals surface area (Å²) < 4.78 is 43.6. The first-order valence-electron chi connectivity index (χ1n) is 6.84. The standard InChI is InChI=1S/C13H13F3N4O2S/c14-13(15,16)10-1-3-20(19-10)6-11(21)17-5-12-18-8-2-4-22-7-9(8)23-12/h1,3H,2,4-7H2,(H,17,21). The number of nitrogens with one attached hydrogen (secondary N) is 1. The largest absolute Gasteiger partial charge is 0.435 e. The average molecular weight is 346 g/mol. The molecule has 2 aromatic rings. The molecule has 1 N–H and O–H groups in total. The Kier molecular flexibility index (Phi) is 4.35. The van der Waals surface area contributed by atoms with Crippen molar-refractivity contribution in [3.63, 3.8) is 0 Å². The third kappa shape index (κ3) is 3.88. The fourth-order valence-electron chi connectivity index (χ4n) is 2.13. The van der Waals surface area contributed by atoms with Gasteiger partial charge in [0.2, 0.25) is 5.91 Å². The zero-order valence-electron chi connectivity index (χ0n) is 11.9. The van der Waals surface area contributed by atoms with Crippen LogP contribution in [0, 0.1) is 0 Å². The van der Waals surface area contributed by atoms with E-state index < -0.39 is 17.8 Å². The lowest BCUT2D eigenvalue weighted by Crippen LogP contribution is -2.27. The highest BCUT2D eigenvalue weighted by molar-refractivity contribution is 7.11. The van der Waals surface area contributed by atoms with Crippen LogP contribution >= 0.6 is 11.3 Å². The molecule has 23 heavy (non-hydrogen) atoms. The Labute approximate surface area is 133 Å². The highest BCUT2D eigenvalue weighted by atomic mass is 32.1. The summed E-state index contributed by atoms with van der Waals surface area (Å²) in [6, 6.07) is 0.835. The van der Waals surface area contributed by atoms with Gasteiger partial charge in [0.15, 0.2) is 5.69 Å². The molecule has 6 nitrogen and oxygen atoms in total. The zero-order chi connectivity index (χ0) is 16.4. The molecule has 0 atom stereocenters. The van der Waals surface area contributed by atoms with Crippen LogP contribution in [0.2, 0.25) is 0 Å². The minimum atomic E-state index is -4.51. The van der Waals surface area contributed by atoms with E-state index in [0.717, 1.165) is 38.9 Å². The van der Waals surface area contributed by atoms with Gasteiger partial charge in [0.05, 0.1) is 30.3 Å². The highest BCUT2D eigenvalue weighted by Crippen LogP contribution is 2.27. The van der Waals surface area contributed by atoms with E-state index in [-0.39, 0.29) is 13.1 Å². The lowest BCUT2D eigenvalue weighted by molar-refractivity contribution is -0.141. The van der Waals surface area contributed by atoms with E-state index in [1.54, 1.807) is 0 Å². The monoisotopic (exact) mass is 346 g/mol. The van der Waals surface area contributed by atoms with Crippen molar-refractivity contribution in [2.45, 2.75) is 32.3 Å². The first-order valence-corrected chi connectivity index (χ1v) is 7.66. The van der Waals surface area contributed by atoms with Crippen LogP contribution in [0.4, 0.5) is 13.2 Å². The van der Waals surface area contributed by atoms with Gasteiger partial charge in [-0.05, 0) is 6.07 Å². The molecular formula is C13H13F3N4O2S. The van der Waals surface area contributed by atoms with Crippen LogP contribution in [0.1, 0.15) is 21.3 Å². The lowest BCUT2D eigenvalue weighted by Gasteiger charge is -2.08. The maximum atomic E-state index is 12.4. The van der Waals surface area contributed by atoms with E-state index in [1.807, 2.05) is 0 Å². The van der Waals surface area contributed by atoms with Crippen molar-refractivity contribution in [3.05, 3.63) is 33.5 Å². The van der Waals surface area contributed by atoms with E-state index in [9.17, 15) is 18.0 Å². The van der Waals surface area contributed by atoms with Gasteiger partial charge in [-0.2, -0.15) is 18.3 Å². The first kappa shape index (κ1) is 15.9. The molecule has 0 aromatic carbocycles. The molecule has 1 aliphatic heterocycles. The van der Waals surface area contributed by atoms with Gasteiger partial charge in [0, 0.05) is 12.6 Å². The Balaban J connectivity index is 1.53. The fraction of sp³-hybridized carbons (Fsp3) is 0.462. The Morgan fingerprint density at radius 2 is 2.30 bits per heavy atom. The number of rotatable bonds is 4. The number of aromatic nitrogens is 3. The Hall–Kier alpha value is -1.94. The summed E-state index contributed by atoms with van der Waals surface area (Å²) in [4.78, 5) is 17.3. The number of thiazole rings is 1. The molecule has 3 heterocycles. The maximum absolute atomic E-state index is 12.4. The second-order valence-corrected chi connectivity index (χ2v) is 6.12. The van der Waals surface area contributed by atoms with Crippen LogP contribution in [-0.4, -0.2) is 27.3 Å². The number of carbonyl (C=O) groups excluding carboxylic acids is 1. The number of alkyl halides is 3. The molecule has 0 spiro atoms. The normalized spacial score (nSPS) is 14.6. The summed E-state index contributed by atoms with van der Waals surface area (Å²) in [6.07, 6.45) is -2.63.